The van der Waals surface area contributed by atoms with Gasteiger partial charge in [-0.25, -0.2) is 0 Å². The lowest BCUT2D eigenvalue weighted by atomic mass is 9.87. The van der Waals surface area contributed by atoms with Crippen LogP contribution in [-0.2, 0) is 12.8 Å². The van der Waals surface area contributed by atoms with Crippen LogP contribution in [0.4, 0.5) is 0 Å². The summed E-state index contributed by atoms with van der Waals surface area (Å²) in [6, 6.07) is 7.70. The van der Waals surface area contributed by atoms with Crippen molar-refractivity contribution in [3.8, 4) is 5.75 Å². The highest BCUT2D eigenvalue weighted by Crippen LogP contribution is 2.38. The zero-order chi connectivity index (χ0) is 17.0. The van der Waals surface area contributed by atoms with Crippen LogP contribution in [0.15, 0.2) is 46.1 Å². The van der Waals surface area contributed by atoms with Gasteiger partial charge >= 0.3 is 0 Å². The number of aromatic hydroxyl groups is 1. The molecular weight excluding hydrogens is 380 g/mol. The van der Waals surface area contributed by atoms with Gasteiger partial charge in [0.25, 0.3) is 0 Å². The van der Waals surface area contributed by atoms with Crippen molar-refractivity contribution >= 4 is 21.6 Å². The SMILES string of the molecule is Oc1ccc(C2CN=C3c4nnccc4CCc4c[nH]c2c43)cc1Br. The molecule has 25 heavy (non-hydrogen) atoms. The van der Waals surface area contributed by atoms with E-state index in [-0.39, 0.29) is 11.7 Å². The van der Waals surface area contributed by atoms with Gasteiger partial charge in [-0.2, -0.15) is 5.10 Å². The van der Waals surface area contributed by atoms with Crippen LogP contribution < -0.4 is 0 Å². The average Bonchev–Trinajstić information content (AvgIpc) is 2.99. The van der Waals surface area contributed by atoms with Gasteiger partial charge in [0.15, 0.2) is 0 Å². The summed E-state index contributed by atoms with van der Waals surface area (Å²) in [7, 11) is 0. The monoisotopic (exact) mass is 394 g/mol. The number of nitrogens with one attached hydrogen (secondary N) is 1. The molecule has 1 aromatic carbocycles. The Morgan fingerprint density at radius 3 is 2.92 bits per heavy atom. The minimum Gasteiger partial charge on any atom is -0.507 e. The third-order valence-electron chi connectivity index (χ3n) is 5.08. The van der Waals surface area contributed by atoms with Crippen molar-refractivity contribution < 1.29 is 5.11 Å². The molecule has 0 saturated carbocycles. The number of aliphatic imine (C=N–C) groups is 1. The van der Waals surface area contributed by atoms with Gasteiger partial charge in [-0.05, 0) is 63.7 Å². The van der Waals surface area contributed by atoms with E-state index in [1.54, 1.807) is 12.3 Å². The maximum absolute atomic E-state index is 9.78. The van der Waals surface area contributed by atoms with Crippen LogP contribution in [-0.4, -0.2) is 32.5 Å². The fourth-order valence-corrected chi connectivity index (χ4v) is 4.22. The number of aromatic amines is 1. The highest BCUT2D eigenvalue weighted by atomic mass is 79.9. The third-order valence-corrected chi connectivity index (χ3v) is 5.71. The van der Waals surface area contributed by atoms with Crippen LogP contribution >= 0.6 is 15.9 Å². The van der Waals surface area contributed by atoms with E-state index >= 15 is 0 Å². The molecule has 0 radical (unpaired) electrons. The molecule has 5 nitrogen and oxygen atoms in total. The molecule has 3 aromatic rings. The Morgan fingerprint density at radius 1 is 1.16 bits per heavy atom. The first-order chi connectivity index (χ1) is 12.2. The summed E-state index contributed by atoms with van der Waals surface area (Å²) in [5.41, 5.74) is 7.85. The average molecular weight is 395 g/mol. The van der Waals surface area contributed by atoms with Gasteiger partial charge in [0.1, 0.15) is 11.4 Å². The molecule has 2 aromatic heterocycles. The number of aromatic nitrogens is 3. The molecule has 2 N–H and O–H groups in total. The Morgan fingerprint density at radius 2 is 2.04 bits per heavy atom. The zero-order valence-electron chi connectivity index (χ0n) is 13.3. The third kappa shape index (κ3) is 2.24. The Bertz CT molecular complexity index is 1020. The van der Waals surface area contributed by atoms with Crippen molar-refractivity contribution in [1.82, 2.24) is 15.2 Å². The predicted molar refractivity (Wildman–Crippen MR) is 98.4 cm³/mol. The van der Waals surface area contributed by atoms with Crippen molar-refractivity contribution in [2.75, 3.05) is 6.54 Å². The van der Waals surface area contributed by atoms with E-state index in [4.69, 9.17) is 4.99 Å². The largest absolute Gasteiger partial charge is 0.507 e. The standard InChI is InChI=1S/C19H15BrN4O/c20-14-7-11(3-4-15(14)25)13-9-22-19-16-12(8-21-18(13)16)2-1-10-5-6-23-24-17(10)19/h3-8,13,21,25H,1-2,9H2. The van der Waals surface area contributed by atoms with Gasteiger partial charge in [-0.3, -0.25) is 4.99 Å². The summed E-state index contributed by atoms with van der Waals surface area (Å²) in [4.78, 5) is 8.38. The molecule has 3 heterocycles. The molecule has 1 atom stereocenters. The minimum atomic E-state index is 0.141. The molecule has 0 amide bonds. The van der Waals surface area contributed by atoms with Gasteiger partial charge in [0, 0.05) is 29.6 Å². The number of aryl methyl sites for hydroxylation is 2. The van der Waals surface area contributed by atoms with Crippen LogP contribution in [0, 0.1) is 0 Å². The molecule has 6 heteroatoms. The van der Waals surface area contributed by atoms with Gasteiger partial charge in [-0.15, -0.1) is 5.10 Å². The second kappa shape index (κ2) is 5.52. The number of halogens is 1. The zero-order valence-corrected chi connectivity index (χ0v) is 14.9. The van der Waals surface area contributed by atoms with Gasteiger partial charge in [-0.1, -0.05) is 6.07 Å². The summed E-state index contributed by atoms with van der Waals surface area (Å²) in [6.45, 7) is 0.648. The van der Waals surface area contributed by atoms with Crippen LogP contribution in [0.2, 0.25) is 0 Å². The smallest absolute Gasteiger partial charge is 0.129 e. The van der Waals surface area contributed by atoms with E-state index < -0.39 is 0 Å². The van der Waals surface area contributed by atoms with Gasteiger partial charge in [0.05, 0.1) is 16.7 Å². The highest BCUT2D eigenvalue weighted by Gasteiger charge is 2.32. The summed E-state index contributed by atoms with van der Waals surface area (Å²) >= 11 is 3.41. The summed E-state index contributed by atoms with van der Waals surface area (Å²) < 4.78 is 0.702. The van der Waals surface area contributed by atoms with E-state index in [0.717, 1.165) is 29.8 Å². The molecule has 1 aliphatic heterocycles. The Hall–Kier alpha value is -2.47. The highest BCUT2D eigenvalue weighted by molar-refractivity contribution is 9.10. The number of phenols is 1. The summed E-state index contributed by atoms with van der Waals surface area (Å²) in [5, 5.41) is 18.2. The molecule has 0 fully saturated rings. The van der Waals surface area contributed by atoms with E-state index in [2.05, 4.69) is 37.3 Å². The lowest BCUT2D eigenvalue weighted by molar-refractivity contribution is 0.471. The second-order valence-corrected chi connectivity index (χ2v) is 7.31. The molecule has 1 unspecified atom stereocenters. The van der Waals surface area contributed by atoms with Crippen LogP contribution in [0.1, 0.15) is 39.6 Å². The van der Waals surface area contributed by atoms with E-state index in [1.165, 1.54) is 22.4 Å². The number of fused-ring (bicyclic) bond motifs is 2. The second-order valence-electron chi connectivity index (χ2n) is 6.46. The minimum absolute atomic E-state index is 0.141. The molecule has 2 aliphatic rings. The van der Waals surface area contributed by atoms with Crippen molar-refractivity contribution in [2.24, 2.45) is 4.99 Å². The lowest BCUT2D eigenvalue weighted by Crippen LogP contribution is -2.20. The molecular formula is C19H15BrN4O. The molecule has 1 aliphatic carbocycles. The van der Waals surface area contributed by atoms with Crippen LogP contribution in [0.25, 0.3) is 0 Å². The van der Waals surface area contributed by atoms with Crippen molar-refractivity contribution in [3.05, 3.63) is 74.8 Å². The first kappa shape index (κ1) is 14.8. The first-order valence-corrected chi connectivity index (χ1v) is 9.06. The van der Waals surface area contributed by atoms with E-state index in [1.807, 2.05) is 18.2 Å². The van der Waals surface area contributed by atoms with E-state index in [9.17, 15) is 5.11 Å². The Labute approximate surface area is 153 Å². The van der Waals surface area contributed by atoms with Crippen molar-refractivity contribution in [3.63, 3.8) is 0 Å². The van der Waals surface area contributed by atoms with Gasteiger partial charge in [0.2, 0.25) is 0 Å². The Kier molecular flexibility index (Phi) is 3.28. The fourth-order valence-electron chi connectivity index (χ4n) is 3.82. The topological polar surface area (TPSA) is 74.2 Å². The number of rotatable bonds is 1. The number of nitrogens with zero attached hydrogens (tertiary/aromatic N) is 3. The number of H-pyrrole nitrogens is 1. The quantitative estimate of drug-likeness (QED) is 0.664. The molecule has 124 valence electrons. The van der Waals surface area contributed by atoms with Crippen molar-refractivity contribution in [2.45, 2.75) is 18.8 Å². The van der Waals surface area contributed by atoms with Crippen molar-refractivity contribution in [1.29, 1.82) is 0 Å². The number of hydrogen-bond acceptors (Lipinski definition) is 4. The van der Waals surface area contributed by atoms with Gasteiger partial charge < -0.3 is 10.1 Å². The van der Waals surface area contributed by atoms with E-state index in [0.29, 0.717) is 11.0 Å². The molecule has 0 spiro atoms. The maximum atomic E-state index is 9.78. The summed E-state index contributed by atoms with van der Waals surface area (Å²) in [6.07, 6.45) is 5.77. The molecule has 0 saturated heterocycles. The number of benzene rings is 1. The molecule has 5 rings (SSSR count). The summed E-state index contributed by atoms with van der Waals surface area (Å²) in [5.74, 6) is 0.390. The predicted octanol–water partition coefficient (Wildman–Crippen LogP) is 3.35. The first-order valence-electron chi connectivity index (χ1n) is 8.26. The lowest BCUT2D eigenvalue weighted by Gasteiger charge is -2.23. The fraction of sp³-hybridized carbons (Fsp3) is 0.211. The Balaban J connectivity index is 1.67. The van der Waals surface area contributed by atoms with Crippen LogP contribution in [0.3, 0.4) is 0 Å². The molecule has 0 bridgehead atoms. The number of hydrogen-bond donors (Lipinski definition) is 2. The van der Waals surface area contributed by atoms with Crippen LogP contribution in [0.5, 0.6) is 5.75 Å². The maximum Gasteiger partial charge on any atom is 0.129 e. The number of phenolic OH excluding ortho intramolecular Hbond substituents is 1. The normalized spacial score (nSPS) is 18.1.